The van der Waals surface area contributed by atoms with Crippen LogP contribution in [0.15, 0.2) is 0 Å². The van der Waals surface area contributed by atoms with Gasteiger partial charge < -0.3 is 5.73 Å². The van der Waals surface area contributed by atoms with Crippen LogP contribution in [0.1, 0.15) is 19.8 Å². The molecule has 15 heavy (non-hydrogen) atoms. The van der Waals surface area contributed by atoms with Crippen molar-refractivity contribution in [3.05, 3.63) is 0 Å². The van der Waals surface area contributed by atoms with Gasteiger partial charge in [0.1, 0.15) is 0 Å². The van der Waals surface area contributed by atoms with Crippen LogP contribution >= 0.6 is 0 Å². The first-order valence-corrected chi connectivity index (χ1v) is 4.89. The van der Waals surface area contributed by atoms with E-state index < -0.39 is 18.3 Å². The molecule has 1 heterocycles. The lowest BCUT2D eigenvalue weighted by Crippen LogP contribution is -2.45. The third kappa shape index (κ3) is 3.40. The number of halogens is 3. The van der Waals surface area contributed by atoms with E-state index in [2.05, 4.69) is 11.8 Å². The summed E-state index contributed by atoms with van der Waals surface area (Å²) in [5.41, 5.74) is 4.57. The molecule has 0 aromatic heterocycles. The van der Waals surface area contributed by atoms with Crippen molar-refractivity contribution < 1.29 is 13.2 Å². The van der Waals surface area contributed by atoms with Crippen molar-refractivity contribution >= 4 is 0 Å². The molecular formula is C10H15F3N2. The smallest absolute Gasteiger partial charge is 0.320 e. The van der Waals surface area contributed by atoms with Crippen molar-refractivity contribution in [1.29, 1.82) is 0 Å². The quantitative estimate of drug-likeness (QED) is 0.676. The van der Waals surface area contributed by atoms with Gasteiger partial charge in [0.2, 0.25) is 0 Å². The van der Waals surface area contributed by atoms with Gasteiger partial charge in [-0.25, -0.2) is 0 Å². The number of rotatable bonds is 1. The van der Waals surface area contributed by atoms with E-state index in [1.54, 1.807) is 6.92 Å². The maximum Gasteiger partial charge on any atom is 0.401 e. The van der Waals surface area contributed by atoms with Gasteiger partial charge in [0.05, 0.1) is 18.6 Å². The summed E-state index contributed by atoms with van der Waals surface area (Å²) >= 11 is 0. The lowest BCUT2D eigenvalue weighted by Gasteiger charge is -2.31. The first-order chi connectivity index (χ1) is 6.87. The Kier molecular flexibility index (Phi) is 3.63. The van der Waals surface area contributed by atoms with Crippen LogP contribution in [-0.4, -0.2) is 36.2 Å². The van der Waals surface area contributed by atoms with E-state index in [1.807, 2.05) is 0 Å². The van der Waals surface area contributed by atoms with Crippen molar-refractivity contribution in [2.45, 2.75) is 31.5 Å². The molecule has 1 atom stereocenters. The van der Waals surface area contributed by atoms with Crippen LogP contribution in [0, 0.1) is 11.8 Å². The summed E-state index contributed by atoms with van der Waals surface area (Å²) in [5.74, 6) is 5.50. The number of likely N-dealkylation sites (tertiary alicyclic amines) is 1. The topological polar surface area (TPSA) is 29.3 Å². The molecule has 5 heteroatoms. The highest BCUT2D eigenvalue weighted by Crippen LogP contribution is 2.31. The van der Waals surface area contributed by atoms with Gasteiger partial charge in [-0.3, -0.25) is 4.90 Å². The number of nitrogens with two attached hydrogens (primary N) is 1. The Morgan fingerprint density at radius 2 is 2.13 bits per heavy atom. The molecule has 1 aliphatic heterocycles. The first kappa shape index (κ1) is 12.3. The highest BCUT2D eigenvalue weighted by Gasteiger charge is 2.41. The van der Waals surface area contributed by atoms with Crippen LogP contribution in [-0.2, 0) is 0 Å². The fraction of sp³-hybridized carbons (Fsp3) is 0.800. The summed E-state index contributed by atoms with van der Waals surface area (Å²) < 4.78 is 36.8. The van der Waals surface area contributed by atoms with E-state index in [4.69, 9.17) is 5.73 Å². The van der Waals surface area contributed by atoms with Crippen LogP contribution in [0.3, 0.4) is 0 Å². The molecular weight excluding hydrogens is 205 g/mol. The van der Waals surface area contributed by atoms with Gasteiger partial charge in [-0.15, -0.1) is 0 Å². The molecule has 0 saturated carbocycles. The summed E-state index contributed by atoms with van der Waals surface area (Å²) in [6.45, 7) is 1.50. The normalized spacial score (nSPS) is 27.5. The lowest BCUT2D eigenvalue weighted by atomic mass is 10.00. The standard InChI is InChI=1S/C10H15F3N2/c1-9(4-2-6-14)5-3-7-15(9)8-10(11,12)13/h3,5-8,14H2,1H3. The minimum absolute atomic E-state index is 0.190. The predicted octanol–water partition coefficient (Wildman–Crippen LogP) is 1.37. The highest BCUT2D eigenvalue weighted by atomic mass is 19.4. The molecule has 1 fully saturated rings. The summed E-state index contributed by atoms with van der Waals surface area (Å²) in [7, 11) is 0. The van der Waals surface area contributed by atoms with E-state index in [0.717, 1.165) is 6.42 Å². The summed E-state index contributed by atoms with van der Waals surface area (Å²) in [6, 6.07) is 0. The van der Waals surface area contributed by atoms with Crippen molar-refractivity contribution in [3.63, 3.8) is 0 Å². The predicted molar refractivity (Wildman–Crippen MR) is 52.1 cm³/mol. The van der Waals surface area contributed by atoms with Crippen molar-refractivity contribution in [2.75, 3.05) is 19.6 Å². The molecule has 0 aliphatic carbocycles. The molecule has 86 valence electrons. The van der Waals surface area contributed by atoms with Crippen molar-refractivity contribution in [1.82, 2.24) is 4.90 Å². The summed E-state index contributed by atoms with van der Waals surface area (Å²) in [4.78, 5) is 1.38. The maximum absolute atomic E-state index is 12.3. The fourth-order valence-corrected chi connectivity index (χ4v) is 1.87. The van der Waals surface area contributed by atoms with Crippen molar-refractivity contribution in [2.24, 2.45) is 5.73 Å². The maximum atomic E-state index is 12.3. The molecule has 2 N–H and O–H groups in total. The van der Waals surface area contributed by atoms with Gasteiger partial charge in [0.15, 0.2) is 0 Å². The minimum atomic E-state index is -4.16. The second kappa shape index (κ2) is 4.42. The Hall–Kier alpha value is -0.730. The average molecular weight is 220 g/mol. The van der Waals surface area contributed by atoms with Gasteiger partial charge >= 0.3 is 6.18 Å². The largest absolute Gasteiger partial charge is 0.401 e. The second-order valence-corrected chi connectivity index (χ2v) is 3.92. The van der Waals surface area contributed by atoms with Crippen LogP contribution in [0.2, 0.25) is 0 Å². The Balaban J connectivity index is 2.72. The van der Waals surface area contributed by atoms with Gasteiger partial charge in [-0.05, 0) is 19.8 Å². The molecule has 0 aromatic carbocycles. The lowest BCUT2D eigenvalue weighted by molar-refractivity contribution is -0.150. The van der Waals surface area contributed by atoms with Crippen LogP contribution in [0.5, 0.6) is 0 Å². The average Bonchev–Trinajstić information content (AvgIpc) is 2.43. The second-order valence-electron chi connectivity index (χ2n) is 3.92. The number of hydrogen-bond donors (Lipinski definition) is 1. The molecule has 1 rings (SSSR count). The summed E-state index contributed by atoms with van der Waals surface area (Å²) in [6.07, 6.45) is -2.72. The zero-order chi connectivity index (χ0) is 11.5. The van der Waals surface area contributed by atoms with E-state index in [1.165, 1.54) is 4.90 Å². The van der Waals surface area contributed by atoms with Gasteiger partial charge in [-0.2, -0.15) is 13.2 Å². The fourth-order valence-electron chi connectivity index (χ4n) is 1.87. The zero-order valence-electron chi connectivity index (χ0n) is 8.69. The van der Waals surface area contributed by atoms with Gasteiger partial charge in [-0.1, -0.05) is 11.8 Å². The van der Waals surface area contributed by atoms with E-state index in [9.17, 15) is 13.2 Å². The van der Waals surface area contributed by atoms with E-state index in [-0.39, 0.29) is 6.54 Å². The van der Waals surface area contributed by atoms with Crippen LogP contribution in [0.25, 0.3) is 0 Å². The first-order valence-electron chi connectivity index (χ1n) is 4.89. The monoisotopic (exact) mass is 220 g/mol. The Morgan fingerprint density at radius 3 is 2.67 bits per heavy atom. The summed E-state index contributed by atoms with van der Waals surface area (Å²) in [5, 5.41) is 0. The molecule has 0 radical (unpaired) electrons. The Morgan fingerprint density at radius 1 is 1.47 bits per heavy atom. The van der Waals surface area contributed by atoms with Crippen LogP contribution in [0.4, 0.5) is 13.2 Å². The molecule has 0 aromatic rings. The molecule has 0 amide bonds. The van der Waals surface area contributed by atoms with Gasteiger partial charge in [0, 0.05) is 6.54 Å². The van der Waals surface area contributed by atoms with E-state index in [0.29, 0.717) is 13.0 Å². The Bertz CT molecular complexity index is 277. The number of alkyl halides is 3. The Labute approximate surface area is 87.6 Å². The van der Waals surface area contributed by atoms with Crippen LogP contribution < -0.4 is 5.73 Å². The SMILES string of the molecule is CC1(C#CCN)CCCN1CC(F)(F)F. The third-order valence-electron chi connectivity index (χ3n) is 2.62. The zero-order valence-corrected chi connectivity index (χ0v) is 8.69. The molecule has 1 unspecified atom stereocenters. The molecule has 0 bridgehead atoms. The third-order valence-corrected chi connectivity index (χ3v) is 2.62. The molecule has 2 nitrogen and oxygen atoms in total. The molecule has 0 spiro atoms. The molecule has 1 saturated heterocycles. The van der Waals surface area contributed by atoms with Gasteiger partial charge in [0.25, 0.3) is 0 Å². The number of hydrogen-bond acceptors (Lipinski definition) is 2. The minimum Gasteiger partial charge on any atom is -0.320 e. The van der Waals surface area contributed by atoms with Crippen molar-refractivity contribution in [3.8, 4) is 11.8 Å². The number of nitrogens with zero attached hydrogens (tertiary/aromatic N) is 1. The highest BCUT2D eigenvalue weighted by molar-refractivity contribution is 5.19. The van der Waals surface area contributed by atoms with E-state index >= 15 is 0 Å². The molecule has 1 aliphatic rings.